The van der Waals surface area contributed by atoms with Crippen molar-refractivity contribution in [3.63, 3.8) is 0 Å². The molecule has 0 fully saturated rings. The van der Waals surface area contributed by atoms with Crippen LogP contribution in [-0.4, -0.2) is 48.9 Å². The monoisotopic (exact) mass is 514 g/mol. The van der Waals surface area contributed by atoms with Crippen molar-refractivity contribution in [2.45, 2.75) is 161 Å². The highest BCUT2D eigenvalue weighted by atomic mass is 31.1. The van der Waals surface area contributed by atoms with E-state index in [9.17, 15) is 10.00 Å². The zero-order valence-electron chi connectivity index (χ0n) is 24.6. The third kappa shape index (κ3) is 28.5. The van der Waals surface area contributed by atoms with Crippen molar-refractivity contribution in [2.75, 3.05) is 33.8 Å². The van der Waals surface area contributed by atoms with Crippen molar-refractivity contribution in [3.05, 3.63) is 0 Å². The summed E-state index contributed by atoms with van der Waals surface area (Å²) >= 11 is 0. The third-order valence-corrected chi connectivity index (χ3v) is 8.56. The Labute approximate surface area is 222 Å². The van der Waals surface area contributed by atoms with Gasteiger partial charge in [0.1, 0.15) is 6.16 Å². The fourth-order valence-electron chi connectivity index (χ4n) is 4.85. The number of quaternary nitrogens is 1. The first kappa shape index (κ1) is 35.0. The molecule has 0 bridgehead atoms. The first-order chi connectivity index (χ1) is 16.9. The van der Waals surface area contributed by atoms with E-state index in [0.29, 0.717) is 17.2 Å². The van der Waals surface area contributed by atoms with E-state index in [1.54, 1.807) is 0 Å². The van der Waals surface area contributed by atoms with Crippen LogP contribution in [0.2, 0.25) is 0 Å². The molecule has 0 radical (unpaired) electrons. The zero-order valence-corrected chi connectivity index (χ0v) is 25.5. The molecule has 35 heavy (non-hydrogen) atoms. The standard InChI is InChI=1S/C31H64NO2P/c1-5-6-7-8-9-10-11-12-13-14-15-16-17-18-19-20-21-22-23-24-25-26-27-28-29-35(34)31(33)30-32(2,3)4/h5-30H2,1-4H3/p+1. The van der Waals surface area contributed by atoms with E-state index in [2.05, 4.69) is 6.92 Å². The highest BCUT2D eigenvalue weighted by molar-refractivity contribution is 7.51. The predicted molar refractivity (Wildman–Crippen MR) is 158 cm³/mol. The van der Waals surface area contributed by atoms with Gasteiger partial charge in [0, 0.05) is 0 Å². The molecule has 0 rings (SSSR count). The molecule has 0 saturated heterocycles. The fraction of sp³-hybridized carbons (Fsp3) is 0.968. The van der Waals surface area contributed by atoms with E-state index in [1.165, 1.54) is 141 Å². The summed E-state index contributed by atoms with van der Waals surface area (Å²) in [6, 6.07) is 0. The zero-order chi connectivity index (χ0) is 26.0. The van der Waals surface area contributed by atoms with Gasteiger partial charge < -0.3 is 14.5 Å². The highest BCUT2D eigenvalue weighted by Crippen LogP contribution is 2.19. The van der Waals surface area contributed by atoms with Gasteiger partial charge in [-0.05, 0) is 12.8 Å². The minimum Gasteiger partial charge on any atom is -0.629 e. The van der Waals surface area contributed by atoms with Crippen LogP contribution in [0, 0.1) is 0 Å². The van der Waals surface area contributed by atoms with Crippen molar-refractivity contribution >= 4 is 13.3 Å². The van der Waals surface area contributed by atoms with Gasteiger partial charge in [-0.15, -0.1) is 0 Å². The molecule has 210 valence electrons. The molecule has 0 heterocycles. The number of aliphatic hydroxyl groups is 1. The largest absolute Gasteiger partial charge is 0.629 e. The Morgan fingerprint density at radius 1 is 0.514 bits per heavy atom. The Morgan fingerprint density at radius 2 is 0.771 bits per heavy atom. The van der Waals surface area contributed by atoms with Crippen LogP contribution in [0.5, 0.6) is 0 Å². The van der Waals surface area contributed by atoms with Crippen LogP contribution >= 0.6 is 7.77 Å². The van der Waals surface area contributed by atoms with E-state index in [1.807, 2.05) is 21.1 Å². The molecular weight excluding hydrogens is 449 g/mol. The Bertz CT molecular complexity index is 473. The molecule has 1 N–H and O–H groups in total. The van der Waals surface area contributed by atoms with Gasteiger partial charge in [-0.3, -0.25) is 0 Å². The number of likely N-dealkylation sites (N-methyl/N-ethyl adjacent to an activating group) is 1. The minimum atomic E-state index is -1.55. The summed E-state index contributed by atoms with van der Waals surface area (Å²) in [6.07, 6.45) is 34.1. The van der Waals surface area contributed by atoms with Gasteiger partial charge >= 0.3 is 0 Å². The minimum absolute atomic E-state index is 0.196. The van der Waals surface area contributed by atoms with Gasteiger partial charge in [0.25, 0.3) is 5.48 Å². The Kier molecular flexibility index (Phi) is 25.7. The maximum atomic E-state index is 12.1. The summed E-state index contributed by atoms with van der Waals surface area (Å²) in [5.41, 5.74) is 0.196. The molecule has 0 aliphatic carbocycles. The molecule has 4 heteroatoms. The van der Waals surface area contributed by atoms with E-state index >= 15 is 0 Å². The van der Waals surface area contributed by atoms with Gasteiger partial charge in [0.15, 0.2) is 6.54 Å². The summed E-state index contributed by atoms with van der Waals surface area (Å²) in [5, 5.41) is 9.95. The number of aliphatic hydroxyl groups excluding tert-OH is 1. The van der Waals surface area contributed by atoms with Crippen molar-refractivity contribution in [2.24, 2.45) is 0 Å². The van der Waals surface area contributed by atoms with Gasteiger partial charge in [0.05, 0.1) is 28.9 Å². The van der Waals surface area contributed by atoms with Crippen LogP contribution in [-0.2, 0) is 0 Å². The van der Waals surface area contributed by atoms with Gasteiger partial charge in [-0.1, -0.05) is 148 Å². The number of nitrogens with zero attached hydrogens (tertiary/aromatic N) is 1. The average molecular weight is 515 g/mol. The Morgan fingerprint density at radius 3 is 1.03 bits per heavy atom. The first-order valence-corrected chi connectivity index (χ1v) is 17.1. The van der Waals surface area contributed by atoms with E-state index < -0.39 is 7.77 Å². The molecule has 0 amide bonds. The van der Waals surface area contributed by atoms with Gasteiger partial charge in [-0.2, -0.15) is 0 Å². The normalized spacial score (nSPS) is 12.9. The van der Waals surface area contributed by atoms with Crippen molar-refractivity contribution in [3.8, 4) is 0 Å². The smallest absolute Gasteiger partial charge is 0.273 e. The molecule has 0 aliphatic rings. The topological polar surface area (TPSA) is 43.3 Å². The van der Waals surface area contributed by atoms with E-state index in [4.69, 9.17) is 0 Å². The van der Waals surface area contributed by atoms with Crippen LogP contribution < -0.4 is 4.89 Å². The molecule has 0 aliphatic heterocycles. The van der Waals surface area contributed by atoms with Crippen LogP contribution in [0.3, 0.4) is 0 Å². The van der Waals surface area contributed by atoms with Crippen molar-refractivity contribution < 1.29 is 14.5 Å². The molecule has 3 nitrogen and oxygen atoms in total. The lowest BCUT2D eigenvalue weighted by Gasteiger charge is -2.22. The molecule has 0 spiro atoms. The lowest BCUT2D eigenvalue weighted by molar-refractivity contribution is -0.861. The van der Waals surface area contributed by atoms with Crippen LogP contribution in [0.4, 0.5) is 0 Å². The fourth-order valence-corrected chi connectivity index (χ4v) is 6.20. The second kappa shape index (κ2) is 25.7. The summed E-state index contributed by atoms with van der Waals surface area (Å²) in [5.74, 6) is 0. The third-order valence-electron chi connectivity index (χ3n) is 7.12. The van der Waals surface area contributed by atoms with Gasteiger partial charge in [-0.25, -0.2) is 0 Å². The average Bonchev–Trinajstić information content (AvgIpc) is 2.80. The maximum absolute atomic E-state index is 12.1. The molecular formula is C31H65NO2P+. The number of hydrogen-bond donors (Lipinski definition) is 1. The summed E-state index contributed by atoms with van der Waals surface area (Å²) in [4.78, 5) is 12.1. The summed E-state index contributed by atoms with van der Waals surface area (Å²) in [6.45, 7) is 2.79. The first-order valence-electron chi connectivity index (χ1n) is 15.7. The second-order valence-electron chi connectivity index (χ2n) is 12.1. The maximum Gasteiger partial charge on any atom is 0.273 e. The number of hydrogen-bond acceptors (Lipinski definition) is 1. The highest BCUT2D eigenvalue weighted by Gasteiger charge is 2.16. The quantitative estimate of drug-likeness (QED) is 0.0674. The lowest BCUT2D eigenvalue weighted by atomic mass is 10.0. The Hall–Kier alpha value is 0.0500. The molecule has 1 unspecified atom stereocenters. The molecule has 0 aromatic rings. The lowest BCUT2D eigenvalue weighted by Crippen LogP contribution is -2.39. The van der Waals surface area contributed by atoms with E-state index in [0.717, 1.165) is 12.8 Å². The predicted octanol–water partition coefficient (Wildman–Crippen LogP) is 9.33. The van der Waals surface area contributed by atoms with E-state index in [-0.39, 0.29) is 5.48 Å². The molecule has 0 saturated carbocycles. The Balaban J connectivity index is 3.22. The molecule has 0 aromatic carbocycles. The number of unbranched alkanes of at least 4 members (excludes halogenated alkanes) is 23. The van der Waals surface area contributed by atoms with Crippen LogP contribution in [0.1, 0.15) is 161 Å². The second-order valence-corrected chi connectivity index (χ2v) is 13.8. The molecule has 0 aromatic heterocycles. The molecule has 1 atom stereocenters. The van der Waals surface area contributed by atoms with Crippen LogP contribution in [0.25, 0.3) is 0 Å². The SMILES string of the molecule is CCCCCCCCCCCCCCCCCCCCCCCCCC/[P+]([O-])=C(\O)C[N+](C)(C)C. The van der Waals surface area contributed by atoms with Crippen molar-refractivity contribution in [1.82, 2.24) is 0 Å². The van der Waals surface area contributed by atoms with Crippen LogP contribution in [0.15, 0.2) is 0 Å². The number of rotatable bonds is 27. The summed E-state index contributed by atoms with van der Waals surface area (Å²) in [7, 11) is 4.49. The summed E-state index contributed by atoms with van der Waals surface area (Å²) < 4.78 is 0.631. The van der Waals surface area contributed by atoms with Crippen molar-refractivity contribution in [1.29, 1.82) is 0 Å². The van der Waals surface area contributed by atoms with Gasteiger partial charge in [0.2, 0.25) is 0 Å².